The highest BCUT2D eigenvalue weighted by Gasteiger charge is 2.26. The Morgan fingerprint density at radius 1 is 1.20 bits per heavy atom. The number of amides is 1. The van der Waals surface area contributed by atoms with E-state index in [1.54, 1.807) is 0 Å². The second kappa shape index (κ2) is 6.10. The summed E-state index contributed by atoms with van der Waals surface area (Å²) in [4.78, 5) is 23.2. The molecule has 106 valence electrons. The van der Waals surface area contributed by atoms with Crippen molar-refractivity contribution in [2.75, 3.05) is 13.1 Å². The SMILES string of the molecule is O=C(O)C1=C(NCc2ccccc2)CCN(C(=O)O)C1. The highest BCUT2D eigenvalue weighted by atomic mass is 16.4. The quantitative estimate of drug-likeness (QED) is 0.775. The van der Waals surface area contributed by atoms with Gasteiger partial charge in [-0.15, -0.1) is 0 Å². The van der Waals surface area contributed by atoms with Crippen LogP contribution in [0.3, 0.4) is 0 Å². The molecule has 1 aromatic carbocycles. The Bertz CT molecular complexity index is 539. The van der Waals surface area contributed by atoms with Gasteiger partial charge < -0.3 is 20.4 Å². The van der Waals surface area contributed by atoms with Crippen molar-refractivity contribution in [3.05, 3.63) is 47.2 Å². The van der Waals surface area contributed by atoms with Gasteiger partial charge in [-0.2, -0.15) is 0 Å². The highest BCUT2D eigenvalue weighted by molar-refractivity contribution is 5.89. The maximum Gasteiger partial charge on any atom is 0.407 e. The predicted octanol–water partition coefficient (Wildman–Crippen LogP) is 1.50. The minimum Gasteiger partial charge on any atom is -0.478 e. The third kappa shape index (κ3) is 3.28. The third-order valence-corrected chi connectivity index (χ3v) is 3.22. The highest BCUT2D eigenvalue weighted by Crippen LogP contribution is 2.17. The average molecular weight is 276 g/mol. The summed E-state index contributed by atoms with van der Waals surface area (Å²) in [6.07, 6.45) is -0.702. The van der Waals surface area contributed by atoms with Crippen LogP contribution in [0.4, 0.5) is 4.79 Å². The van der Waals surface area contributed by atoms with Crippen molar-refractivity contribution in [1.29, 1.82) is 0 Å². The topological polar surface area (TPSA) is 89.9 Å². The summed E-state index contributed by atoms with van der Waals surface area (Å²) in [6.45, 7) is 0.755. The fourth-order valence-corrected chi connectivity index (χ4v) is 2.12. The molecule has 6 heteroatoms. The van der Waals surface area contributed by atoms with Gasteiger partial charge in [0.25, 0.3) is 0 Å². The summed E-state index contributed by atoms with van der Waals surface area (Å²) >= 11 is 0. The van der Waals surface area contributed by atoms with E-state index < -0.39 is 12.1 Å². The van der Waals surface area contributed by atoms with Crippen molar-refractivity contribution in [1.82, 2.24) is 10.2 Å². The molecule has 1 aliphatic rings. The zero-order chi connectivity index (χ0) is 14.5. The van der Waals surface area contributed by atoms with E-state index in [-0.39, 0.29) is 12.1 Å². The lowest BCUT2D eigenvalue weighted by molar-refractivity contribution is -0.133. The molecule has 1 aliphatic heterocycles. The van der Waals surface area contributed by atoms with E-state index in [9.17, 15) is 14.7 Å². The Kier molecular flexibility index (Phi) is 4.24. The molecule has 3 N–H and O–H groups in total. The average Bonchev–Trinajstić information content (AvgIpc) is 2.45. The van der Waals surface area contributed by atoms with Crippen LogP contribution in [0, 0.1) is 0 Å². The van der Waals surface area contributed by atoms with Crippen LogP contribution in [-0.2, 0) is 11.3 Å². The smallest absolute Gasteiger partial charge is 0.407 e. The van der Waals surface area contributed by atoms with Crippen LogP contribution >= 0.6 is 0 Å². The molecule has 0 saturated heterocycles. The number of carbonyl (C=O) groups is 2. The van der Waals surface area contributed by atoms with Crippen LogP contribution in [0.15, 0.2) is 41.6 Å². The lowest BCUT2D eigenvalue weighted by Gasteiger charge is -2.27. The van der Waals surface area contributed by atoms with Crippen molar-refractivity contribution < 1.29 is 19.8 Å². The first-order valence-electron chi connectivity index (χ1n) is 6.29. The molecular weight excluding hydrogens is 260 g/mol. The van der Waals surface area contributed by atoms with E-state index >= 15 is 0 Å². The summed E-state index contributed by atoms with van der Waals surface area (Å²) in [7, 11) is 0. The van der Waals surface area contributed by atoms with Gasteiger partial charge in [0, 0.05) is 25.2 Å². The van der Waals surface area contributed by atoms with Crippen LogP contribution in [0.5, 0.6) is 0 Å². The fraction of sp³-hybridized carbons (Fsp3) is 0.286. The van der Waals surface area contributed by atoms with Gasteiger partial charge in [-0.3, -0.25) is 0 Å². The third-order valence-electron chi connectivity index (χ3n) is 3.22. The molecule has 2 rings (SSSR count). The first kappa shape index (κ1) is 13.9. The first-order valence-corrected chi connectivity index (χ1v) is 6.29. The normalized spacial score (nSPS) is 15.1. The van der Waals surface area contributed by atoms with Gasteiger partial charge in [0.2, 0.25) is 0 Å². The van der Waals surface area contributed by atoms with Gasteiger partial charge in [-0.25, -0.2) is 9.59 Å². The molecule has 6 nitrogen and oxygen atoms in total. The second-order valence-electron chi connectivity index (χ2n) is 4.56. The summed E-state index contributed by atoms with van der Waals surface area (Å²) in [5.41, 5.74) is 1.78. The largest absolute Gasteiger partial charge is 0.478 e. The molecule has 0 spiro atoms. The van der Waals surface area contributed by atoms with Crippen molar-refractivity contribution in [2.45, 2.75) is 13.0 Å². The maximum absolute atomic E-state index is 11.2. The standard InChI is InChI=1S/C14H16N2O4/c17-13(18)11-9-16(14(19)20)7-6-12(11)15-8-10-4-2-1-3-5-10/h1-5,15H,6-9H2,(H,17,18)(H,19,20). The van der Waals surface area contributed by atoms with Gasteiger partial charge in [-0.1, -0.05) is 30.3 Å². The Morgan fingerprint density at radius 3 is 2.50 bits per heavy atom. The molecule has 0 fully saturated rings. The van der Waals surface area contributed by atoms with Crippen molar-refractivity contribution in [3.8, 4) is 0 Å². The van der Waals surface area contributed by atoms with Crippen LogP contribution in [0.1, 0.15) is 12.0 Å². The molecule has 0 radical (unpaired) electrons. The minimum absolute atomic E-state index is 0.0816. The Labute approximate surface area is 116 Å². The Morgan fingerprint density at radius 2 is 1.90 bits per heavy atom. The van der Waals surface area contributed by atoms with Gasteiger partial charge in [0.15, 0.2) is 0 Å². The number of hydrogen-bond acceptors (Lipinski definition) is 3. The summed E-state index contributed by atoms with van der Waals surface area (Å²) in [5.74, 6) is -1.08. The van der Waals surface area contributed by atoms with Gasteiger partial charge in [0.1, 0.15) is 0 Å². The van der Waals surface area contributed by atoms with Crippen molar-refractivity contribution in [3.63, 3.8) is 0 Å². The van der Waals surface area contributed by atoms with Crippen LogP contribution < -0.4 is 5.32 Å². The van der Waals surface area contributed by atoms with Crippen molar-refractivity contribution >= 4 is 12.1 Å². The minimum atomic E-state index is -1.09. The number of nitrogens with zero attached hydrogens (tertiary/aromatic N) is 1. The zero-order valence-corrected chi connectivity index (χ0v) is 10.9. The number of carboxylic acid groups (broad SMARTS) is 2. The molecular formula is C14H16N2O4. The molecule has 0 saturated carbocycles. The van der Waals surface area contributed by atoms with Crippen LogP contribution in [0.25, 0.3) is 0 Å². The molecule has 0 atom stereocenters. The molecule has 1 amide bonds. The monoisotopic (exact) mass is 276 g/mol. The van der Waals surface area contributed by atoms with E-state index in [1.165, 1.54) is 0 Å². The number of nitrogens with one attached hydrogen (secondary N) is 1. The van der Waals surface area contributed by atoms with Gasteiger partial charge in [-0.05, 0) is 5.56 Å². The van der Waals surface area contributed by atoms with Crippen LogP contribution in [0.2, 0.25) is 0 Å². The van der Waals surface area contributed by atoms with E-state index in [2.05, 4.69) is 5.32 Å². The predicted molar refractivity (Wildman–Crippen MR) is 72.2 cm³/mol. The number of benzene rings is 1. The number of carboxylic acids is 1. The number of rotatable bonds is 4. The lowest BCUT2D eigenvalue weighted by atomic mass is 10.1. The Balaban J connectivity index is 2.09. The molecule has 1 heterocycles. The number of aliphatic carboxylic acids is 1. The molecule has 0 aliphatic carbocycles. The molecule has 0 bridgehead atoms. The number of hydrogen-bond donors (Lipinski definition) is 3. The first-order chi connectivity index (χ1) is 9.58. The summed E-state index contributed by atoms with van der Waals surface area (Å²) in [5, 5.41) is 21.2. The summed E-state index contributed by atoms with van der Waals surface area (Å²) in [6, 6.07) is 9.63. The Hall–Kier alpha value is -2.50. The van der Waals surface area contributed by atoms with Gasteiger partial charge >= 0.3 is 12.1 Å². The maximum atomic E-state index is 11.2. The van der Waals surface area contributed by atoms with E-state index in [0.29, 0.717) is 25.2 Å². The molecule has 0 aromatic heterocycles. The van der Waals surface area contributed by atoms with Crippen molar-refractivity contribution in [2.24, 2.45) is 0 Å². The second-order valence-corrected chi connectivity index (χ2v) is 4.56. The molecule has 1 aromatic rings. The van der Waals surface area contributed by atoms with E-state index in [0.717, 1.165) is 10.5 Å². The molecule has 20 heavy (non-hydrogen) atoms. The fourth-order valence-electron chi connectivity index (χ4n) is 2.12. The van der Waals surface area contributed by atoms with Crippen LogP contribution in [-0.4, -0.2) is 40.3 Å². The molecule has 0 unspecified atom stereocenters. The van der Waals surface area contributed by atoms with E-state index in [1.807, 2.05) is 30.3 Å². The van der Waals surface area contributed by atoms with E-state index in [4.69, 9.17) is 5.11 Å². The summed E-state index contributed by atoms with van der Waals surface area (Å²) < 4.78 is 0. The zero-order valence-electron chi connectivity index (χ0n) is 10.9. The lowest BCUT2D eigenvalue weighted by Crippen LogP contribution is -2.40. The van der Waals surface area contributed by atoms with Gasteiger partial charge in [0.05, 0.1) is 12.1 Å².